The van der Waals surface area contributed by atoms with E-state index in [1.54, 1.807) is 0 Å². The van der Waals surface area contributed by atoms with Crippen LogP contribution in [-0.4, -0.2) is 9.97 Å². The standard InChI is InChI=1S/C57H36N2S/c1-3-20-38(21-4-1)57(39-22-5-2-6-23-39)49-33-13-11-28-46(49)54-48(32-17-34-50(54)57)56-58-51(43-26-10-9-25-42(43)41-29-15-19-37-18-7-8-24-40(37)41)36-52(59-56)47-31-16-30-45-44-27-12-14-35-53(44)60-55(45)47/h1-36H. The predicted molar refractivity (Wildman–Crippen MR) is 251 cm³/mol. The Morgan fingerprint density at radius 1 is 0.350 bits per heavy atom. The third-order valence-electron chi connectivity index (χ3n) is 12.4. The summed E-state index contributed by atoms with van der Waals surface area (Å²) in [7, 11) is 0. The highest BCUT2D eigenvalue weighted by Crippen LogP contribution is 2.58. The summed E-state index contributed by atoms with van der Waals surface area (Å²) in [6.45, 7) is 0. The van der Waals surface area contributed by atoms with E-state index >= 15 is 0 Å². The molecule has 0 radical (unpaired) electrons. The van der Waals surface area contributed by atoms with Gasteiger partial charge in [0.1, 0.15) is 0 Å². The van der Waals surface area contributed by atoms with Crippen molar-refractivity contribution in [2.45, 2.75) is 5.41 Å². The molecule has 2 nitrogen and oxygen atoms in total. The van der Waals surface area contributed by atoms with Crippen molar-refractivity contribution < 1.29 is 0 Å². The highest BCUT2D eigenvalue weighted by molar-refractivity contribution is 7.26. The maximum absolute atomic E-state index is 5.62. The quantitative estimate of drug-likeness (QED) is 0.168. The van der Waals surface area contributed by atoms with Gasteiger partial charge < -0.3 is 0 Å². The van der Waals surface area contributed by atoms with Crippen LogP contribution in [0.25, 0.3) is 87.1 Å². The Morgan fingerprint density at radius 2 is 0.867 bits per heavy atom. The fourth-order valence-electron chi connectivity index (χ4n) is 9.87. The molecular formula is C57H36N2S. The van der Waals surface area contributed by atoms with Crippen LogP contribution in [0.1, 0.15) is 22.3 Å². The van der Waals surface area contributed by atoms with E-state index in [4.69, 9.17) is 9.97 Å². The van der Waals surface area contributed by atoms with Crippen LogP contribution in [0, 0.1) is 0 Å². The molecular weight excluding hydrogens is 745 g/mol. The van der Waals surface area contributed by atoms with E-state index in [0.717, 1.165) is 33.6 Å². The van der Waals surface area contributed by atoms with Gasteiger partial charge in [0, 0.05) is 36.9 Å². The van der Waals surface area contributed by atoms with E-state index < -0.39 is 5.41 Å². The van der Waals surface area contributed by atoms with Gasteiger partial charge in [0.05, 0.1) is 16.8 Å². The Morgan fingerprint density at radius 3 is 1.67 bits per heavy atom. The van der Waals surface area contributed by atoms with E-state index in [9.17, 15) is 0 Å². The average molecular weight is 781 g/mol. The summed E-state index contributed by atoms with van der Waals surface area (Å²) in [4.78, 5) is 11.2. The van der Waals surface area contributed by atoms with Crippen molar-refractivity contribution in [1.29, 1.82) is 0 Å². The number of rotatable bonds is 6. The number of hydrogen-bond acceptors (Lipinski definition) is 3. The summed E-state index contributed by atoms with van der Waals surface area (Å²) in [6.07, 6.45) is 0. The van der Waals surface area contributed by atoms with Crippen molar-refractivity contribution in [3.63, 3.8) is 0 Å². The van der Waals surface area contributed by atoms with Crippen molar-refractivity contribution in [2.75, 3.05) is 0 Å². The molecule has 1 aliphatic carbocycles. The monoisotopic (exact) mass is 780 g/mol. The van der Waals surface area contributed by atoms with Crippen molar-refractivity contribution in [3.05, 3.63) is 241 Å². The van der Waals surface area contributed by atoms with E-state index in [1.807, 2.05) is 11.3 Å². The van der Waals surface area contributed by atoms with E-state index in [0.29, 0.717) is 5.82 Å². The third-order valence-corrected chi connectivity index (χ3v) is 13.6. The van der Waals surface area contributed by atoms with Crippen LogP contribution >= 0.6 is 11.3 Å². The van der Waals surface area contributed by atoms with Gasteiger partial charge in [0.2, 0.25) is 0 Å². The molecule has 0 saturated carbocycles. The highest BCUT2D eigenvalue weighted by Gasteiger charge is 2.47. The number of hydrogen-bond donors (Lipinski definition) is 0. The maximum atomic E-state index is 5.62. The van der Waals surface area contributed by atoms with Gasteiger partial charge in [-0.3, -0.25) is 0 Å². The van der Waals surface area contributed by atoms with Crippen LogP contribution in [0.4, 0.5) is 0 Å². The highest BCUT2D eigenvalue weighted by atomic mass is 32.1. The number of fused-ring (bicyclic) bond motifs is 7. The largest absolute Gasteiger partial charge is 0.228 e. The minimum atomic E-state index is -0.533. The molecule has 2 aromatic heterocycles. The number of benzene rings is 9. The Bertz CT molecular complexity index is 3390. The lowest BCUT2D eigenvalue weighted by atomic mass is 9.67. The van der Waals surface area contributed by atoms with Gasteiger partial charge in [-0.15, -0.1) is 11.3 Å². The zero-order valence-corrected chi connectivity index (χ0v) is 33.4. The minimum Gasteiger partial charge on any atom is -0.228 e. The van der Waals surface area contributed by atoms with Crippen LogP contribution in [0.3, 0.4) is 0 Å². The van der Waals surface area contributed by atoms with Gasteiger partial charge in [-0.2, -0.15) is 0 Å². The summed E-state index contributed by atoms with van der Waals surface area (Å²) in [5, 5.41) is 4.94. The molecule has 9 aromatic carbocycles. The first-order valence-electron chi connectivity index (χ1n) is 20.5. The molecule has 3 heteroatoms. The number of thiophene rings is 1. The summed E-state index contributed by atoms with van der Waals surface area (Å²) in [5.74, 6) is 0.705. The zero-order valence-electron chi connectivity index (χ0n) is 32.6. The maximum Gasteiger partial charge on any atom is 0.161 e. The van der Waals surface area contributed by atoms with Gasteiger partial charge in [0.15, 0.2) is 5.82 Å². The summed E-state index contributed by atoms with van der Waals surface area (Å²) in [5.41, 5.74) is 14.1. The Balaban J connectivity index is 1.16. The molecule has 2 heterocycles. The summed E-state index contributed by atoms with van der Waals surface area (Å²) in [6, 6.07) is 79.1. The fourth-order valence-corrected chi connectivity index (χ4v) is 11.1. The molecule has 0 aliphatic heterocycles. The molecule has 0 saturated heterocycles. The Hall–Kier alpha value is -7.46. The minimum absolute atomic E-state index is 0.533. The molecule has 280 valence electrons. The molecule has 12 rings (SSSR count). The van der Waals surface area contributed by atoms with Gasteiger partial charge in [-0.1, -0.05) is 206 Å². The second-order valence-corrected chi connectivity index (χ2v) is 16.6. The molecule has 0 amide bonds. The Labute approximate surface area is 352 Å². The predicted octanol–water partition coefficient (Wildman–Crippen LogP) is 15.0. The zero-order chi connectivity index (χ0) is 39.6. The molecule has 0 atom stereocenters. The summed E-state index contributed by atoms with van der Waals surface area (Å²) < 4.78 is 2.50. The third kappa shape index (κ3) is 5.19. The van der Waals surface area contributed by atoms with Gasteiger partial charge in [-0.05, 0) is 67.4 Å². The lowest BCUT2D eigenvalue weighted by Gasteiger charge is -2.33. The smallest absolute Gasteiger partial charge is 0.161 e. The first kappa shape index (κ1) is 34.6. The summed E-state index contributed by atoms with van der Waals surface area (Å²) >= 11 is 1.83. The molecule has 60 heavy (non-hydrogen) atoms. The Kier molecular flexibility index (Phi) is 7.97. The van der Waals surface area contributed by atoms with Crippen LogP contribution in [-0.2, 0) is 5.41 Å². The van der Waals surface area contributed by atoms with Crippen LogP contribution in [0.2, 0.25) is 0 Å². The lowest BCUT2D eigenvalue weighted by molar-refractivity contribution is 0.768. The molecule has 0 unspecified atom stereocenters. The van der Waals surface area contributed by atoms with Gasteiger partial charge in [-0.25, -0.2) is 9.97 Å². The lowest BCUT2D eigenvalue weighted by Crippen LogP contribution is -2.28. The van der Waals surface area contributed by atoms with Crippen molar-refractivity contribution in [1.82, 2.24) is 9.97 Å². The van der Waals surface area contributed by atoms with E-state index in [1.165, 1.54) is 69.9 Å². The number of nitrogens with zero attached hydrogens (tertiary/aromatic N) is 2. The first-order chi connectivity index (χ1) is 29.8. The second kappa shape index (κ2) is 13.8. The van der Waals surface area contributed by atoms with E-state index in [2.05, 4.69) is 218 Å². The normalized spacial score (nSPS) is 12.8. The molecule has 1 aliphatic rings. The van der Waals surface area contributed by atoms with Crippen molar-refractivity contribution in [2.24, 2.45) is 0 Å². The molecule has 0 bridgehead atoms. The van der Waals surface area contributed by atoms with Gasteiger partial charge >= 0.3 is 0 Å². The SMILES string of the molecule is c1ccc(C2(c3ccccc3)c3ccccc3-c3c(-c4nc(-c5ccccc5-c5cccc6ccccc56)cc(-c5cccc6c5sc5ccccc56)n4)cccc32)cc1. The first-order valence-corrected chi connectivity index (χ1v) is 21.3. The molecule has 0 N–H and O–H groups in total. The molecule has 0 fully saturated rings. The van der Waals surface area contributed by atoms with Crippen molar-refractivity contribution >= 4 is 42.3 Å². The van der Waals surface area contributed by atoms with Gasteiger partial charge in [0.25, 0.3) is 0 Å². The van der Waals surface area contributed by atoms with Crippen molar-refractivity contribution in [3.8, 4) is 56.2 Å². The van der Waals surface area contributed by atoms with E-state index in [-0.39, 0.29) is 0 Å². The fraction of sp³-hybridized carbons (Fsp3) is 0.0175. The van der Waals surface area contributed by atoms with Crippen LogP contribution < -0.4 is 0 Å². The number of aromatic nitrogens is 2. The molecule has 0 spiro atoms. The van der Waals surface area contributed by atoms with Crippen LogP contribution in [0.15, 0.2) is 218 Å². The average Bonchev–Trinajstić information content (AvgIpc) is 3.86. The topological polar surface area (TPSA) is 25.8 Å². The second-order valence-electron chi connectivity index (χ2n) is 15.6. The molecule has 11 aromatic rings. The van der Waals surface area contributed by atoms with Crippen LogP contribution in [0.5, 0.6) is 0 Å².